The van der Waals surface area contributed by atoms with E-state index in [1.165, 1.54) is 25.3 Å². The third kappa shape index (κ3) is 5.99. The Morgan fingerprint density at radius 3 is 2.24 bits per heavy atom. The molecule has 196 valence electrons. The summed E-state index contributed by atoms with van der Waals surface area (Å²) in [6.45, 7) is 8.18. The predicted octanol–water partition coefficient (Wildman–Crippen LogP) is 3.63. The quantitative estimate of drug-likeness (QED) is 0.244. The first-order valence-corrected chi connectivity index (χ1v) is 11.9. The van der Waals surface area contributed by atoms with Gasteiger partial charge in [0.15, 0.2) is 0 Å². The average Bonchev–Trinajstić information content (AvgIpc) is 2.87. The normalized spacial score (nSPS) is 17.7. The molecule has 2 aromatic rings. The van der Waals surface area contributed by atoms with Crippen molar-refractivity contribution in [1.29, 1.82) is 0 Å². The first-order chi connectivity index (χ1) is 17.5. The topological polar surface area (TPSA) is 102 Å². The number of carbonyl (C=O) groups excluding carboxylic acids is 4. The Bertz CT molecular complexity index is 1160. The van der Waals surface area contributed by atoms with Gasteiger partial charge in [0.2, 0.25) is 5.54 Å². The number of rotatable bonds is 7. The van der Waals surface area contributed by atoms with Gasteiger partial charge in [0, 0.05) is 25.1 Å². The van der Waals surface area contributed by atoms with Gasteiger partial charge >= 0.3 is 12.1 Å². The Morgan fingerprint density at radius 2 is 1.68 bits per heavy atom. The van der Waals surface area contributed by atoms with E-state index in [4.69, 9.17) is 14.2 Å². The summed E-state index contributed by atoms with van der Waals surface area (Å²) in [7, 11) is 1.50. The Balaban J connectivity index is 2.12. The lowest BCUT2D eigenvalue weighted by Crippen LogP contribution is -2.73. The van der Waals surface area contributed by atoms with Crippen molar-refractivity contribution in [2.75, 3.05) is 26.8 Å². The van der Waals surface area contributed by atoms with E-state index in [-0.39, 0.29) is 31.7 Å². The number of esters is 1. The van der Waals surface area contributed by atoms with Crippen LogP contribution in [0.3, 0.4) is 0 Å². The van der Waals surface area contributed by atoms with Crippen LogP contribution in [0.5, 0.6) is 5.75 Å². The summed E-state index contributed by atoms with van der Waals surface area (Å²) in [6, 6.07) is 15.0. The molecule has 3 rings (SSSR count). The maximum Gasteiger partial charge on any atom is 0.411 e. The number of piperazine rings is 1. The molecular weight excluding hydrogens is 476 g/mol. The lowest BCUT2D eigenvalue weighted by atomic mass is 9.85. The Hall–Kier alpha value is -4.14. The highest BCUT2D eigenvalue weighted by molar-refractivity contribution is 6.17. The van der Waals surface area contributed by atoms with Crippen molar-refractivity contribution < 1.29 is 33.4 Å². The van der Waals surface area contributed by atoms with Crippen molar-refractivity contribution in [3.05, 3.63) is 78.4 Å². The van der Waals surface area contributed by atoms with Crippen LogP contribution in [-0.4, -0.2) is 71.6 Å². The lowest BCUT2D eigenvalue weighted by Gasteiger charge is -2.46. The van der Waals surface area contributed by atoms with Crippen LogP contribution in [0.2, 0.25) is 0 Å². The molecule has 1 aliphatic rings. The smallest absolute Gasteiger partial charge is 0.411 e. The van der Waals surface area contributed by atoms with Crippen LogP contribution in [0.15, 0.2) is 67.3 Å². The molecule has 1 aliphatic heterocycles. The molecule has 1 unspecified atom stereocenters. The number of hydrogen-bond acceptors (Lipinski definition) is 7. The van der Waals surface area contributed by atoms with E-state index in [1.54, 1.807) is 63.2 Å². The van der Waals surface area contributed by atoms with Gasteiger partial charge in [-0.1, -0.05) is 43.0 Å². The molecule has 0 aliphatic carbocycles. The molecule has 9 heteroatoms. The molecule has 1 saturated heterocycles. The number of nitrogens with zero attached hydrogens (tertiary/aromatic N) is 2. The molecule has 3 amide bonds. The van der Waals surface area contributed by atoms with Gasteiger partial charge in [-0.15, -0.1) is 0 Å². The van der Waals surface area contributed by atoms with Gasteiger partial charge in [-0.05, 0) is 50.6 Å². The SMILES string of the molecule is C=CCOC(=O)C1(Cc2ccccc2)C(=O)N(C(=O)c2ccc(OC)cc2)CCN1C(=O)OC(C)(C)C. The predicted molar refractivity (Wildman–Crippen MR) is 136 cm³/mol. The number of methoxy groups -OCH3 is 1. The van der Waals surface area contributed by atoms with E-state index in [1.807, 2.05) is 0 Å². The molecule has 37 heavy (non-hydrogen) atoms. The summed E-state index contributed by atoms with van der Waals surface area (Å²) in [5.74, 6) is -1.91. The average molecular weight is 509 g/mol. The van der Waals surface area contributed by atoms with Crippen molar-refractivity contribution in [2.45, 2.75) is 38.3 Å². The van der Waals surface area contributed by atoms with E-state index in [2.05, 4.69) is 6.58 Å². The highest BCUT2D eigenvalue weighted by Crippen LogP contribution is 2.32. The molecule has 1 atom stereocenters. The molecule has 1 fully saturated rings. The Labute approximate surface area is 216 Å². The summed E-state index contributed by atoms with van der Waals surface area (Å²) in [6.07, 6.45) is 0.289. The Morgan fingerprint density at radius 1 is 1.03 bits per heavy atom. The van der Waals surface area contributed by atoms with E-state index in [0.29, 0.717) is 11.3 Å². The first-order valence-electron chi connectivity index (χ1n) is 11.9. The summed E-state index contributed by atoms with van der Waals surface area (Å²) >= 11 is 0. The molecule has 2 aromatic carbocycles. The summed E-state index contributed by atoms with van der Waals surface area (Å²) in [5.41, 5.74) is -2.24. The Kier molecular flexibility index (Phi) is 8.37. The number of amides is 3. The second-order valence-corrected chi connectivity index (χ2v) is 9.53. The van der Waals surface area contributed by atoms with E-state index in [0.717, 1.165) is 9.80 Å². The van der Waals surface area contributed by atoms with Crippen molar-refractivity contribution in [3.8, 4) is 5.75 Å². The molecule has 0 radical (unpaired) electrons. The molecular formula is C28H32N2O7. The van der Waals surface area contributed by atoms with Crippen LogP contribution in [0, 0.1) is 0 Å². The van der Waals surface area contributed by atoms with Crippen LogP contribution in [0.4, 0.5) is 4.79 Å². The second kappa shape index (κ2) is 11.3. The summed E-state index contributed by atoms with van der Waals surface area (Å²) < 4.78 is 16.1. The molecule has 0 aromatic heterocycles. The summed E-state index contributed by atoms with van der Waals surface area (Å²) in [5, 5.41) is 0. The zero-order chi connectivity index (χ0) is 27.2. The third-order valence-corrected chi connectivity index (χ3v) is 5.78. The first kappa shape index (κ1) is 27.4. The molecule has 1 heterocycles. The number of imide groups is 1. The van der Waals surface area contributed by atoms with Crippen LogP contribution in [0.1, 0.15) is 36.7 Å². The largest absolute Gasteiger partial charge is 0.497 e. The van der Waals surface area contributed by atoms with E-state index in [9.17, 15) is 19.2 Å². The minimum atomic E-state index is -2.17. The van der Waals surface area contributed by atoms with Gasteiger partial charge in [0.1, 0.15) is 18.0 Å². The number of carbonyl (C=O) groups is 4. The van der Waals surface area contributed by atoms with E-state index < -0.39 is 35.0 Å². The van der Waals surface area contributed by atoms with Crippen LogP contribution in [0.25, 0.3) is 0 Å². The fraction of sp³-hybridized carbons (Fsp3) is 0.357. The maximum atomic E-state index is 14.2. The fourth-order valence-electron chi connectivity index (χ4n) is 4.06. The zero-order valence-corrected chi connectivity index (χ0v) is 21.6. The number of ether oxygens (including phenoxy) is 3. The summed E-state index contributed by atoms with van der Waals surface area (Å²) in [4.78, 5) is 56.7. The molecule has 0 saturated carbocycles. The highest BCUT2D eigenvalue weighted by atomic mass is 16.6. The van der Waals surface area contributed by atoms with Gasteiger partial charge in [0.25, 0.3) is 11.8 Å². The van der Waals surface area contributed by atoms with Gasteiger partial charge in [-0.25, -0.2) is 9.59 Å². The third-order valence-electron chi connectivity index (χ3n) is 5.78. The number of benzene rings is 2. The molecule has 0 bridgehead atoms. The highest BCUT2D eigenvalue weighted by Gasteiger charge is 2.60. The monoisotopic (exact) mass is 508 g/mol. The van der Waals surface area contributed by atoms with Gasteiger partial charge in [-0.2, -0.15) is 0 Å². The van der Waals surface area contributed by atoms with E-state index >= 15 is 0 Å². The molecule has 0 spiro atoms. The van der Waals surface area contributed by atoms with Gasteiger partial charge in [-0.3, -0.25) is 19.4 Å². The van der Waals surface area contributed by atoms with Crippen molar-refractivity contribution in [1.82, 2.24) is 9.80 Å². The number of hydrogen-bond donors (Lipinski definition) is 0. The van der Waals surface area contributed by atoms with Gasteiger partial charge < -0.3 is 14.2 Å². The maximum absolute atomic E-state index is 14.2. The standard InChI is InChI=1S/C28H32N2O7/c1-6-18-36-25(33)28(19-20-10-8-7-9-11-20)24(32)29(16-17-30(28)26(34)37-27(2,3)4)23(31)21-12-14-22(35-5)15-13-21/h6-15H,1,16-19H2,2-5H3. The molecule has 0 N–H and O–H groups in total. The minimum absolute atomic E-state index is 0.126. The van der Waals surface area contributed by atoms with Gasteiger partial charge in [0.05, 0.1) is 7.11 Å². The van der Waals surface area contributed by atoms with Crippen molar-refractivity contribution >= 4 is 23.9 Å². The zero-order valence-electron chi connectivity index (χ0n) is 21.6. The van der Waals surface area contributed by atoms with Crippen molar-refractivity contribution in [3.63, 3.8) is 0 Å². The fourth-order valence-corrected chi connectivity index (χ4v) is 4.06. The van der Waals surface area contributed by atoms with Crippen LogP contribution >= 0.6 is 0 Å². The minimum Gasteiger partial charge on any atom is -0.497 e. The van der Waals surface area contributed by atoms with Crippen LogP contribution < -0.4 is 4.74 Å². The lowest BCUT2D eigenvalue weighted by molar-refractivity contribution is -0.170. The van der Waals surface area contributed by atoms with Crippen LogP contribution in [-0.2, 0) is 25.5 Å². The van der Waals surface area contributed by atoms with Crippen molar-refractivity contribution in [2.24, 2.45) is 0 Å². The molecule has 9 nitrogen and oxygen atoms in total. The second-order valence-electron chi connectivity index (χ2n) is 9.53.